The second kappa shape index (κ2) is 10.00. The molecule has 3 aromatic carbocycles. The summed E-state index contributed by atoms with van der Waals surface area (Å²) in [6, 6.07) is 16.7. The predicted molar refractivity (Wildman–Crippen MR) is 119 cm³/mol. The van der Waals surface area contributed by atoms with Crippen molar-refractivity contribution in [3.8, 4) is 17.2 Å². The fourth-order valence-corrected chi connectivity index (χ4v) is 3.26. The summed E-state index contributed by atoms with van der Waals surface area (Å²) in [4.78, 5) is 25.9. The van der Waals surface area contributed by atoms with Crippen molar-refractivity contribution < 1.29 is 23.8 Å². The number of halogens is 1. The maximum atomic E-state index is 12.9. The van der Waals surface area contributed by atoms with E-state index in [0.29, 0.717) is 39.0 Å². The van der Waals surface area contributed by atoms with Gasteiger partial charge >= 0.3 is 0 Å². The molecule has 31 heavy (non-hydrogen) atoms. The van der Waals surface area contributed by atoms with E-state index in [1.165, 1.54) is 21.3 Å². The molecule has 160 valence electrons. The number of hydrogen-bond donors (Lipinski definition) is 1. The van der Waals surface area contributed by atoms with Crippen molar-refractivity contribution in [2.45, 2.75) is 6.54 Å². The topological polar surface area (TPSA) is 73.9 Å². The van der Waals surface area contributed by atoms with Gasteiger partial charge in [0.1, 0.15) is 5.75 Å². The number of nitrogens with one attached hydrogen (secondary N) is 1. The Balaban J connectivity index is 1.84. The van der Waals surface area contributed by atoms with Crippen LogP contribution in [0.2, 0.25) is 5.02 Å². The summed E-state index contributed by atoms with van der Waals surface area (Å²) < 4.78 is 16.0. The van der Waals surface area contributed by atoms with E-state index in [9.17, 15) is 9.59 Å². The van der Waals surface area contributed by atoms with Crippen LogP contribution in [0.5, 0.6) is 17.2 Å². The number of ether oxygens (including phenoxy) is 3. The summed E-state index contributed by atoms with van der Waals surface area (Å²) in [5, 5.41) is 3.38. The summed E-state index contributed by atoms with van der Waals surface area (Å²) in [5.74, 6) is 0.948. The zero-order chi connectivity index (χ0) is 22.4. The van der Waals surface area contributed by atoms with E-state index in [1.807, 2.05) is 0 Å². The van der Waals surface area contributed by atoms with Gasteiger partial charge < -0.3 is 19.5 Å². The molecule has 0 radical (unpaired) electrons. The smallest absolute Gasteiger partial charge is 0.252 e. The van der Waals surface area contributed by atoms with Crippen molar-refractivity contribution in [1.29, 1.82) is 0 Å². The fraction of sp³-hybridized carbons (Fsp3) is 0.167. The van der Waals surface area contributed by atoms with Crippen molar-refractivity contribution in [3.05, 3.63) is 87.9 Å². The molecule has 0 fully saturated rings. The number of rotatable bonds is 8. The number of hydrogen-bond acceptors (Lipinski definition) is 5. The van der Waals surface area contributed by atoms with Crippen molar-refractivity contribution in [3.63, 3.8) is 0 Å². The lowest BCUT2D eigenvalue weighted by atomic mass is 9.98. The van der Waals surface area contributed by atoms with Crippen LogP contribution in [0.25, 0.3) is 0 Å². The zero-order valence-corrected chi connectivity index (χ0v) is 18.2. The van der Waals surface area contributed by atoms with Crippen LogP contribution in [0.3, 0.4) is 0 Å². The third-order valence-electron chi connectivity index (χ3n) is 4.75. The average Bonchev–Trinajstić information content (AvgIpc) is 2.81. The lowest BCUT2D eigenvalue weighted by molar-refractivity contribution is 0.0939. The van der Waals surface area contributed by atoms with Crippen LogP contribution in [-0.4, -0.2) is 33.0 Å². The molecule has 0 unspecified atom stereocenters. The van der Waals surface area contributed by atoms with Crippen molar-refractivity contribution in [2.24, 2.45) is 0 Å². The molecule has 1 N–H and O–H groups in total. The minimum absolute atomic E-state index is 0.172. The van der Waals surface area contributed by atoms with Gasteiger partial charge in [-0.3, -0.25) is 9.59 Å². The van der Waals surface area contributed by atoms with Crippen LogP contribution in [0.15, 0.2) is 60.7 Å². The number of methoxy groups -OCH3 is 3. The van der Waals surface area contributed by atoms with Crippen LogP contribution >= 0.6 is 11.6 Å². The Hall–Kier alpha value is -3.51. The zero-order valence-electron chi connectivity index (χ0n) is 17.4. The highest BCUT2D eigenvalue weighted by molar-refractivity contribution is 6.30. The summed E-state index contributed by atoms with van der Waals surface area (Å²) in [7, 11) is 4.60. The van der Waals surface area contributed by atoms with Gasteiger partial charge in [0, 0.05) is 34.3 Å². The molecule has 3 aromatic rings. The van der Waals surface area contributed by atoms with Crippen LogP contribution in [-0.2, 0) is 6.54 Å². The standard InChI is InChI=1S/C24H22ClNO5/c1-29-20-13-22(31-3)21(30-2)12-16(20)14-26-24(28)19-7-5-4-6-18(19)23(27)15-8-10-17(25)11-9-15/h4-13H,14H2,1-3H3,(H,26,28). The molecular formula is C24H22ClNO5. The molecule has 6 nitrogen and oxygen atoms in total. The number of amides is 1. The average molecular weight is 440 g/mol. The Morgan fingerprint density at radius 1 is 0.806 bits per heavy atom. The van der Waals surface area contributed by atoms with Gasteiger partial charge in [0.15, 0.2) is 17.3 Å². The van der Waals surface area contributed by atoms with Crippen LogP contribution < -0.4 is 19.5 Å². The van der Waals surface area contributed by atoms with Gasteiger partial charge in [-0.2, -0.15) is 0 Å². The summed E-state index contributed by atoms with van der Waals surface area (Å²) in [5.41, 5.74) is 1.74. The Kier molecular flexibility index (Phi) is 7.15. The molecule has 0 bridgehead atoms. The maximum absolute atomic E-state index is 12.9. The number of ketones is 1. The lowest BCUT2D eigenvalue weighted by Gasteiger charge is -2.15. The molecule has 0 aliphatic carbocycles. The third kappa shape index (κ3) is 4.98. The third-order valence-corrected chi connectivity index (χ3v) is 5.00. The quantitative estimate of drug-likeness (QED) is 0.522. The van der Waals surface area contributed by atoms with E-state index in [2.05, 4.69) is 5.32 Å². The van der Waals surface area contributed by atoms with Crippen LogP contribution in [0.1, 0.15) is 31.8 Å². The normalized spacial score (nSPS) is 10.3. The van der Waals surface area contributed by atoms with E-state index in [-0.39, 0.29) is 23.8 Å². The molecule has 0 spiro atoms. The SMILES string of the molecule is COc1cc(OC)c(OC)cc1CNC(=O)c1ccccc1C(=O)c1ccc(Cl)cc1. The first-order valence-corrected chi connectivity index (χ1v) is 9.82. The van der Waals surface area contributed by atoms with E-state index in [0.717, 1.165) is 0 Å². The predicted octanol–water partition coefficient (Wildman–Crippen LogP) is 4.53. The highest BCUT2D eigenvalue weighted by atomic mass is 35.5. The monoisotopic (exact) mass is 439 g/mol. The lowest BCUT2D eigenvalue weighted by Crippen LogP contribution is -2.25. The number of carbonyl (C=O) groups excluding carboxylic acids is 2. The first-order chi connectivity index (χ1) is 15.0. The van der Waals surface area contributed by atoms with Crippen LogP contribution in [0, 0.1) is 0 Å². The molecule has 0 heterocycles. The molecule has 0 aliphatic heterocycles. The van der Waals surface area contributed by atoms with Gasteiger partial charge in [-0.05, 0) is 36.4 Å². The molecule has 0 aromatic heterocycles. The molecular weight excluding hydrogens is 418 g/mol. The fourth-order valence-electron chi connectivity index (χ4n) is 3.14. The van der Waals surface area contributed by atoms with E-state index < -0.39 is 0 Å². The minimum atomic E-state index is -0.380. The van der Waals surface area contributed by atoms with Gasteiger partial charge in [0.25, 0.3) is 5.91 Å². The molecule has 0 atom stereocenters. The second-order valence-electron chi connectivity index (χ2n) is 6.58. The van der Waals surface area contributed by atoms with Gasteiger partial charge in [-0.1, -0.05) is 29.8 Å². The van der Waals surface area contributed by atoms with Gasteiger partial charge in [-0.15, -0.1) is 0 Å². The van der Waals surface area contributed by atoms with Gasteiger partial charge in [0.2, 0.25) is 0 Å². The van der Waals surface area contributed by atoms with Crippen molar-refractivity contribution in [2.75, 3.05) is 21.3 Å². The largest absolute Gasteiger partial charge is 0.496 e. The number of carbonyl (C=O) groups is 2. The highest BCUT2D eigenvalue weighted by Gasteiger charge is 2.19. The summed E-state index contributed by atoms with van der Waals surface area (Å²) in [6.07, 6.45) is 0. The number of benzene rings is 3. The molecule has 7 heteroatoms. The molecule has 0 saturated heterocycles. The molecule has 1 amide bonds. The Bertz CT molecular complexity index is 1100. The Morgan fingerprint density at radius 3 is 2.00 bits per heavy atom. The van der Waals surface area contributed by atoms with Crippen LogP contribution in [0.4, 0.5) is 0 Å². The second-order valence-corrected chi connectivity index (χ2v) is 7.02. The van der Waals surface area contributed by atoms with E-state index in [4.69, 9.17) is 25.8 Å². The first-order valence-electron chi connectivity index (χ1n) is 9.44. The highest BCUT2D eigenvalue weighted by Crippen LogP contribution is 2.34. The van der Waals surface area contributed by atoms with Crippen molar-refractivity contribution in [1.82, 2.24) is 5.32 Å². The first kappa shape index (κ1) is 22.2. The van der Waals surface area contributed by atoms with Crippen molar-refractivity contribution >= 4 is 23.3 Å². The van der Waals surface area contributed by atoms with Gasteiger partial charge in [0.05, 0.1) is 26.9 Å². The van der Waals surface area contributed by atoms with Gasteiger partial charge in [-0.25, -0.2) is 0 Å². The maximum Gasteiger partial charge on any atom is 0.252 e. The Labute approximate surface area is 185 Å². The minimum Gasteiger partial charge on any atom is -0.496 e. The molecule has 0 aliphatic rings. The summed E-state index contributed by atoms with van der Waals surface area (Å²) in [6.45, 7) is 0.172. The van der Waals surface area contributed by atoms with E-state index in [1.54, 1.807) is 60.7 Å². The van der Waals surface area contributed by atoms with E-state index >= 15 is 0 Å². The summed E-state index contributed by atoms with van der Waals surface area (Å²) >= 11 is 5.91. The Morgan fingerprint density at radius 2 is 1.39 bits per heavy atom. The molecule has 0 saturated carbocycles. The molecule has 3 rings (SSSR count).